The summed E-state index contributed by atoms with van der Waals surface area (Å²) >= 11 is 6.24. The van der Waals surface area contributed by atoms with E-state index in [1.54, 1.807) is 12.1 Å². The van der Waals surface area contributed by atoms with Crippen LogP contribution in [0.1, 0.15) is 34.5 Å². The Balaban J connectivity index is 1.43. The Morgan fingerprint density at radius 1 is 1.07 bits per heavy atom. The quantitative estimate of drug-likeness (QED) is 0.634. The van der Waals surface area contributed by atoms with Gasteiger partial charge in [-0.15, -0.1) is 0 Å². The van der Waals surface area contributed by atoms with Gasteiger partial charge >= 0.3 is 0 Å². The van der Waals surface area contributed by atoms with Crippen LogP contribution < -0.4 is 5.32 Å². The van der Waals surface area contributed by atoms with Crippen molar-refractivity contribution in [3.8, 4) is 5.69 Å². The van der Waals surface area contributed by atoms with Crippen LogP contribution >= 0.6 is 11.6 Å². The van der Waals surface area contributed by atoms with Crippen LogP contribution in [0, 0.1) is 6.92 Å². The van der Waals surface area contributed by atoms with E-state index in [2.05, 4.69) is 53.3 Å². The van der Waals surface area contributed by atoms with E-state index in [1.165, 1.54) is 16.9 Å². The second-order valence-corrected chi connectivity index (χ2v) is 8.17. The molecule has 0 unspecified atom stereocenters. The second-order valence-electron chi connectivity index (χ2n) is 7.76. The van der Waals surface area contributed by atoms with E-state index in [9.17, 15) is 4.79 Å². The standard InChI is InChI=1S/C23H22ClN3O/c1-16-8-9-20-19(15-16)25-23(21-7-4-12-27(20)21)10-13-26(14-11-23)22(28)17-5-2-3-6-18(17)24/h2-9,12,15,25H,10-11,13-14H2,1H3. The number of aryl methyl sites for hydroxylation is 1. The highest BCUT2D eigenvalue weighted by atomic mass is 35.5. The van der Waals surface area contributed by atoms with Crippen molar-refractivity contribution in [2.24, 2.45) is 0 Å². The molecule has 1 fully saturated rings. The van der Waals surface area contributed by atoms with Crippen molar-refractivity contribution >= 4 is 23.2 Å². The summed E-state index contributed by atoms with van der Waals surface area (Å²) in [7, 11) is 0. The zero-order chi connectivity index (χ0) is 19.3. The molecule has 2 aromatic carbocycles. The Kier molecular flexibility index (Phi) is 3.98. The summed E-state index contributed by atoms with van der Waals surface area (Å²) in [5.41, 5.74) is 5.29. The number of benzene rings is 2. The summed E-state index contributed by atoms with van der Waals surface area (Å²) in [5.74, 6) is 0.0166. The third kappa shape index (κ3) is 2.63. The molecule has 1 aromatic heterocycles. The molecule has 2 aliphatic rings. The fourth-order valence-corrected chi connectivity index (χ4v) is 4.76. The van der Waals surface area contributed by atoms with Gasteiger partial charge in [0, 0.05) is 25.0 Å². The van der Waals surface area contributed by atoms with E-state index in [-0.39, 0.29) is 11.4 Å². The number of anilines is 1. The number of nitrogens with one attached hydrogen (secondary N) is 1. The molecule has 0 radical (unpaired) electrons. The van der Waals surface area contributed by atoms with Gasteiger partial charge < -0.3 is 14.8 Å². The van der Waals surface area contributed by atoms with Crippen LogP contribution in [0.15, 0.2) is 60.8 Å². The molecule has 1 N–H and O–H groups in total. The molecule has 28 heavy (non-hydrogen) atoms. The fourth-order valence-electron chi connectivity index (χ4n) is 4.54. The molecule has 0 atom stereocenters. The largest absolute Gasteiger partial charge is 0.372 e. The Labute approximate surface area is 169 Å². The number of likely N-dealkylation sites (tertiary alicyclic amines) is 1. The number of hydrogen-bond donors (Lipinski definition) is 1. The molecule has 4 nitrogen and oxygen atoms in total. The van der Waals surface area contributed by atoms with Gasteiger partial charge in [-0.3, -0.25) is 4.79 Å². The summed E-state index contributed by atoms with van der Waals surface area (Å²) in [4.78, 5) is 14.9. The molecule has 1 saturated heterocycles. The van der Waals surface area contributed by atoms with Crippen molar-refractivity contribution in [2.75, 3.05) is 18.4 Å². The molecule has 0 aliphatic carbocycles. The number of carbonyl (C=O) groups excluding carboxylic acids is 1. The Bertz CT molecular complexity index is 1060. The van der Waals surface area contributed by atoms with Crippen LogP contribution in [0.2, 0.25) is 5.02 Å². The third-order valence-corrected chi connectivity index (χ3v) is 6.36. The lowest BCUT2D eigenvalue weighted by Gasteiger charge is -2.46. The van der Waals surface area contributed by atoms with Crippen molar-refractivity contribution in [1.29, 1.82) is 0 Å². The molecule has 1 amide bonds. The highest BCUT2D eigenvalue weighted by molar-refractivity contribution is 6.33. The molecular formula is C23H22ClN3O. The maximum atomic E-state index is 12.9. The maximum absolute atomic E-state index is 12.9. The first-order valence-corrected chi connectivity index (χ1v) is 10.1. The van der Waals surface area contributed by atoms with Gasteiger partial charge in [0.25, 0.3) is 5.91 Å². The van der Waals surface area contributed by atoms with Crippen LogP contribution in [0.5, 0.6) is 0 Å². The van der Waals surface area contributed by atoms with Crippen molar-refractivity contribution in [3.63, 3.8) is 0 Å². The minimum Gasteiger partial charge on any atom is -0.372 e. The molecule has 2 aliphatic heterocycles. The van der Waals surface area contributed by atoms with Crippen LogP contribution in [0.25, 0.3) is 5.69 Å². The number of piperidine rings is 1. The van der Waals surface area contributed by atoms with E-state index >= 15 is 0 Å². The van der Waals surface area contributed by atoms with E-state index in [1.807, 2.05) is 17.0 Å². The highest BCUT2D eigenvalue weighted by Gasteiger charge is 2.42. The van der Waals surface area contributed by atoms with E-state index in [0.29, 0.717) is 23.7 Å². The van der Waals surface area contributed by atoms with Gasteiger partial charge in [-0.1, -0.05) is 29.8 Å². The first-order chi connectivity index (χ1) is 13.6. The summed E-state index contributed by atoms with van der Waals surface area (Å²) in [6.07, 6.45) is 3.86. The number of rotatable bonds is 1. The predicted molar refractivity (Wildman–Crippen MR) is 112 cm³/mol. The number of carbonyl (C=O) groups is 1. The number of aromatic nitrogens is 1. The number of amides is 1. The van der Waals surface area contributed by atoms with E-state index < -0.39 is 0 Å². The number of halogens is 1. The summed E-state index contributed by atoms with van der Waals surface area (Å²) in [6, 6.07) is 18.1. The Hall–Kier alpha value is -2.72. The second kappa shape index (κ2) is 6.42. The minimum absolute atomic E-state index is 0.0166. The fraction of sp³-hybridized carbons (Fsp3) is 0.261. The monoisotopic (exact) mass is 391 g/mol. The Morgan fingerprint density at radius 2 is 1.86 bits per heavy atom. The Morgan fingerprint density at radius 3 is 2.64 bits per heavy atom. The summed E-state index contributed by atoms with van der Waals surface area (Å²) in [6.45, 7) is 3.51. The average molecular weight is 392 g/mol. The zero-order valence-corrected chi connectivity index (χ0v) is 16.5. The van der Waals surface area contributed by atoms with Crippen LogP contribution in [-0.2, 0) is 5.54 Å². The van der Waals surface area contributed by atoms with Crippen LogP contribution in [0.4, 0.5) is 5.69 Å². The summed E-state index contributed by atoms with van der Waals surface area (Å²) < 4.78 is 2.29. The predicted octanol–water partition coefficient (Wildman–Crippen LogP) is 5.00. The number of fused-ring (bicyclic) bond motifs is 4. The lowest BCUT2D eigenvalue weighted by atomic mass is 9.82. The molecule has 5 heteroatoms. The van der Waals surface area contributed by atoms with Crippen molar-refractivity contribution in [1.82, 2.24) is 9.47 Å². The number of hydrogen-bond acceptors (Lipinski definition) is 2. The van der Waals surface area contributed by atoms with Gasteiger partial charge in [0.2, 0.25) is 0 Å². The third-order valence-electron chi connectivity index (χ3n) is 6.03. The van der Waals surface area contributed by atoms with Gasteiger partial charge in [-0.05, 0) is 61.7 Å². The van der Waals surface area contributed by atoms with E-state index in [4.69, 9.17) is 11.6 Å². The van der Waals surface area contributed by atoms with Crippen LogP contribution in [-0.4, -0.2) is 28.5 Å². The molecular weight excluding hydrogens is 370 g/mol. The molecule has 142 valence electrons. The van der Waals surface area contributed by atoms with Crippen molar-refractivity contribution < 1.29 is 4.79 Å². The van der Waals surface area contributed by atoms with Crippen molar-refractivity contribution in [3.05, 3.63) is 82.6 Å². The molecule has 5 rings (SSSR count). The molecule has 1 spiro atoms. The average Bonchev–Trinajstić information content (AvgIpc) is 3.19. The summed E-state index contributed by atoms with van der Waals surface area (Å²) in [5, 5.41) is 4.34. The molecule has 0 bridgehead atoms. The van der Waals surface area contributed by atoms with Gasteiger partial charge in [0.1, 0.15) is 0 Å². The SMILES string of the molecule is Cc1ccc2c(c1)NC1(CCN(C(=O)c3ccccc3Cl)CC1)c1cccn1-2. The minimum atomic E-state index is -0.151. The molecule has 3 aromatic rings. The van der Waals surface area contributed by atoms with Gasteiger partial charge in [-0.25, -0.2) is 0 Å². The topological polar surface area (TPSA) is 37.3 Å². The van der Waals surface area contributed by atoms with Gasteiger partial charge in [0.15, 0.2) is 0 Å². The number of nitrogens with zero attached hydrogens (tertiary/aromatic N) is 2. The first-order valence-electron chi connectivity index (χ1n) is 9.68. The smallest absolute Gasteiger partial charge is 0.255 e. The van der Waals surface area contributed by atoms with Crippen molar-refractivity contribution in [2.45, 2.75) is 25.3 Å². The normalized spacial score (nSPS) is 17.0. The molecule has 0 saturated carbocycles. The zero-order valence-electron chi connectivity index (χ0n) is 15.8. The lowest BCUT2D eigenvalue weighted by Crippen LogP contribution is -2.51. The van der Waals surface area contributed by atoms with Gasteiger partial charge in [-0.2, -0.15) is 0 Å². The lowest BCUT2D eigenvalue weighted by molar-refractivity contribution is 0.0676. The van der Waals surface area contributed by atoms with E-state index in [0.717, 1.165) is 18.5 Å². The highest BCUT2D eigenvalue weighted by Crippen LogP contribution is 2.43. The van der Waals surface area contributed by atoms with Gasteiger partial charge in [0.05, 0.1) is 27.5 Å². The first kappa shape index (κ1) is 17.4. The molecule has 3 heterocycles. The van der Waals surface area contributed by atoms with Crippen LogP contribution in [0.3, 0.4) is 0 Å². The maximum Gasteiger partial charge on any atom is 0.255 e.